The molecule has 1 aliphatic rings. The van der Waals surface area contributed by atoms with E-state index in [0.29, 0.717) is 31.9 Å². The Morgan fingerprint density at radius 3 is 2.71 bits per heavy atom. The number of benzene rings is 1. The second-order valence-corrected chi connectivity index (χ2v) is 6.18. The third-order valence-corrected chi connectivity index (χ3v) is 3.95. The number of halogens is 1. The Balaban J connectivity index is 1.78. The molecule has 1 fully saturated rings. The lowest BCUT2D eigenvalue weighted by molar-refractivity contribution is -0.160. The van der Waals surface area contributed by atoms with Crippen molar-refractivity contribution in [3.8, 4) is 0 Å². The standard InChI is InChI=1S/C16H19BrN2O5/c1-11(16(22)19-5-7-23-8-6-19)24-14(20)10-18-15(21)12-3-2-4-13(17)9-12/h2-4,9,11H,5-8,10H2,1H3,(H,18,21). The SMILES string of the molecule is CC(OC(=O)CNC(=O)c1cccc(Br)c1)C(=O)N1CCOCC1. The molecule has 1 atom stereocenters. The number of amides is 2. The summed E-state index contributed by atoms with van der Waals surface area (Å²) in [4.78, 5) is 37.5. The van der Waals surface area contributed by atoms with Gasteiger partial charge in [0.2, 0.25) is 0 Å². The minimum absolute atomic E-state index is 0.259. The Hall–Kier alpha value is -1.93. The summed E-state index contributed by atoms with van der Waals surface area (Å²) in [6.07, 6.45) is -0.890. The summed E-state index contributed by atoms with van der Waals surface area (Å²) in [7, 11) is 0. The highest BCUT2D eigenvalue weighted by Gasteiger charge is 2.25. The number of hydrogen-bond acceptors (Lipinski definition) is 5. The van der Waals surface area contributed by atoms with Gasteiger partial charge in [-0.15, -0.1) is 0 Å². The molecule has 8 heteroatoms. The lowest BCUT2D eigenvalue weighted by Crippen LogP contribution is -2.46. The molecule has 1 aromatic carbocycles. The fourth-order valence-electron chi connectivity index (χ4n) is 2.21. The topological polar surface area (TPSA) is 84.9 Å². The van der Waals surface area contributed by atoms with Gasteiger partial charge in [-0.25, -0.2) is 0 Å². The number of esters is 1. The van der Waals surface area contributed by atoms with E-state index in [1.54, 1.807) is 29.2 Å². The zero-order chi connectivity index (χ0) is 17.5. The number of ether oxygens (including phenoxy) is 2. The van der Waals surface area contributed by atoms with Crippen molar-refractivity contribution in [1.82, 2.24) is 10.2 Å². The van der Waals surface area contributed by atoms with Crippen molar-refractivity contribution in [1.29, 1.82) is 0 Å². The number of nitrogens with one attached hydrogen (secondary N) is 1. The molecule has 1 unspecified atom stereocenters. The normalized spacial score (nSPS) is 15.5. The van der Waals surface area contributed by atoms with E-state index in [-0.39, 0.29) is 18.4 Å². The highest BCUT2D eigenvalue weighted by Crippen LogP contribution is 2.11. The highest BCUT2D eigenvalue weighted by atomic mass is 79.9. The van der Waals surface area contributed by atoms with Crippen LogP contribution in [0.4, 0.5) is 0 Å². The van der Waals surface area contributed by atoms with Gasteiger partial charge in [0.1, 0.15) is 6.54 Å². The molecule has 1 N–H and O–H groups in total. The van der Waals surface area contributed by atoms with Gasteiger partial charge < -0.3 is 19.7 Å². The van der Waals surface area contributed by atoms with Crippen LogP contribution in [0.25, 0.3) is 0 Å². The fourth-order valence-corrected chi connectivity index (χ4v) is 2.61. The van der Waals surface area contributed by atoms with Gasteiger partial charge in [-0.3, -0.25) is 14.4 Å². The van der Waals surface area contributed by atoms with E-state index in [4.69, 9.17) is 9.47 Å². The molecular formula is C16H19BrN2O5. The van der Waals surface area contributed by atoms with E-state index >= 15 is 0 Å². The smallest absolute Gasteiger partial charge is 0.326 e. The highest BCUT2D eigenvalue weighted by molar-refractivity contribution is 9.10. The zero-order valence-electron chi connectivity index (χ0n) is 13.3. The van der Waals surface area contributed by atoms with Gasteiger partial charge in [-0.2, -0.15) is 0 Å². The molecule has 7 nitrogen and oxygen atoms in total. The molecule has 0 radical (unpaired) electrons. The van der Waals surface area contributed by atoms with Crippen molar-refractivity contribution in [3.05, 3.63) is 34.3 Å². The summed E-state index contributed by atoms with van der Waals surface area (Å²) in [5, 5.41) is 2.47. The predicted molar refractivity (Wildman–Crippen MR) is 89.4 cm³/mol. The zero-order valence-corrected chi connectivity index (χ0v) is 14.9. The molecular weight excluding hydrogens is 380 g/mol. The minimum atomic E-state index is -0.890. The Morgan fingerprint density at radius 1 is 1.33 bits per heavy atom. The van der Waals surface area contributed by atoms with Crippen LogP contribution in [0.1, 0.15) is 17.3 Å². The Morgan fingerprint density at radius 2 is 2.04 bits per heavy atom. The van der Waals surface area contributed by atoms with E-state index in [1.165, 1.54) is 6.92 Å². The van der Waals surface area contributed by atoms with E-state index in [1.807, 2.05) is 0 Å². The van der Waals surface area contributed by atoms with Gasteiger partial charge in [0, 0.05) is 23.1 Å². The van der Waals surface area contributed by atoms with Crippen molar-refractivity contribution >= 4 is 33.7 Å². The van der Waals surface area contributed by atoms with Crippen molar-refractivity contribution in [2.24, 2.45) is 0 Å². The van der Waals surface area contributed by atoms with Crippen LogP contribution in [0.15, 0.2) is 28.7 Å². The van der Waals surface area contributed by atoms with Crippen LogP contribution in [0.5, 0.6) is 0 Å². The largest absolute Gasteiger partial charge is 0.451 e. The van der Waals surface area contributed by atoms with E-state index in [9.17, 15) is 14.4 Å². The number of rotatable bonds is 5. The van der Waals surface area contributed by atoms with E-state index < -0.39 is 12.1 Å². The van der Waals surface area contributed by atoms with Gasteiger partial charge in [0.25, 0.3) is 11.8 Å². The first-order chi connectivity index (χ1) is 11.5. The minimum Gasteiger partial charge on any atom is -0.451 e. The van der Waals surface area contributed by atoms with Crippen LogP contribution in [0, 0.1) is 0 Å². The van der Waals surface area contributed by atoms with Crippen molar-refractivity contribution in [3.63, 3.8) is 0 Å². The lowest BCUT2D eigenvalue weighted by atomic mass is 10.2. The van der Waals surface area contributed by atoms with Crippen LogP contribution in [-0.4, -0.2) is 61.6 Å². The fraction of sp³-hybridized carbons (Fsp3) is 0.438. The molecule has 1 aliphatic heterocycles. The first kappa shape index (κ1) is 18.4. The molecule has 0 aliphatic carbocycles. The molecule has 130 valence electrons. The van der Waals surface area contributed by atoms with Gasteiger partial charge in [0.15, 0.2) is 6.10 Å². The average molecular weight is 399 g/mol. The molecule has 1 saturated heterocycles. The molecule has 1 heterocycles. The maximum Gasteiger partial charge on any atom is 0.326 e. The van der Waals surface area contributed by atoms with Crippen LogP contribution >= 0.6 is 15.9 Å². The first-order valence-corrected chi connectivity index (χ1v) is 8.36. The van der Waals surface area contributed by atoms with Gasteiger partial charge in [-0.05, 0) is 25.1 Å². The quantitative estimate of drug-likeness (QED) is 0.746. The van der Waals surface area contributed by atoms with Crippen molar-refractivity contribution < 1.29 is 23.9 Å². The monoisotopic (exact) mass is 398 g/mol. The third-order valence-electron chi connectivity index (χ3n) is 3.46. The summed E-state index contributed by atoms with van der Waals surface area (Å²) >= 11 is 3.27. The molecule has 0 saturated carbocycles. The third kappa shape index (κ3) is 5.31. The number of nitrogens with zero attached hydrogens (tertiary/aromatic N) is 1. The maximum absolute atomic E-state index is 12.1. The summed E-state index contributed by atoms with van der Waals surface area (Å²) in [5.74, 6) is -1.31. The summed E-state index contributed by atoms with van der Waals surface area (Å²) in [5.41, 5.74) is 0.426. The molecule has 2 amide bonds. The lowest BCUT2D eigenvalue weighted by Gasteiger charge is -2.28. The van der Waals surface area contributed by atoms with Gasteiger partial charge in [-0.1, -0.05) is 22.0 Å². The first-order valence-electron chi connectivity index (χ1n) is 7.57. The average Bonchev–Trinajstić information content (AvgIpc) is 2.59. The number of carbonyl (C=O) groups excluding carboxylic acids is 3. The molecule has 0 aromatic heterocycles. The van der Waals surface area contributed by atoms with Crippen LogP contribution in [0.2, 0.25) is 0 Å². The van der Waals surface area contributed by atoms with Crippen LogP contribution < -0.4 is 5.32 Å². The Labute approximate surface area is 148 Å². The summed E-state index contributed by atoms with van der Waals surface area (Å²) in [6.45, 7) is 3.16. The Kier molecular flexibility index (Phi) is 6.74. The van der Waals surface area contributed by atoms with Gasteiger partial charge >= 0.3 is 5.97 Å². The number of morpholine rings is 1. The summed E-state index contributed by atoms with van der Waals surface area (Å²) < 4.78 is 11.0. The molecule has 24 heavy (non-hydrogen) atoms. The molecule has 0 spiro atoms. The van der Waals surface area contributed by atoms with Crippen LogP contribution in [-0.2, 0) is 19.1 Å². The van der Waals surface area contributed by atoms with Crippen molar-refractivity contribution in [2.75, 3.05) is 32.8 Å². The Bertz CT molecular complexity index is 616. The second-order valence-electron chi connectivity index (χ2n) is 5.26. The molecule has 2 rings (SSSR count). The molecule has 0 bridgehead atoms. The van der Waals surface area contributed by atoms with Crippen molar-refractivity contribution in [2.45, 2.75) is 13.0 Å². The second kappa shape index (κ2) is 8.79. The maximum atomic E-state index is 12.1. The van der Waals surface area contributed by atoms with Crippen LogP contribution in [0.3, 0.4) is 0 Å². The summed E-state index contributed by atoms with van der Waals surface area (Å²) in [6, 6.07) is 6.80. The molecule has 1 aromatic rings. The number of carbonyl (C=O) groups is 3. The predicted octanol–water partition coefficient (Wildman–Crippen LogP) is 0.969. The van der Waals surface area contributed by atoms with E-state index in [2.05, 4.69) is 21.2 Å². The number of hydrogen-bond donors (Lipinski definition) is 1. The van der Waals surface area contributed by atoms with Gasteiger partial charge in [0.05, 0.1) is 13.2 Å². The van der Waals surface area contributed by atoms with E-state index in [0.717, 1.165) is 4.47 Å².